The molecule has 0 radical (unpaired) electrons. The summed E-state index contributed by atoms with van der Waals surface area (Å²) in [4.78, 5) is 2.75. The molecule has 0 aliphatic carbocycles. The van der Waals surface area contributed by atoms with Crippen LogP contribution in [0, 0.1) is 0 Å². The third-order valence-electron chi connectivity index (χ3n) is 5.08. The Labute approximate surface area is 201 Å². The fraction of sp³-hybridized carbons (Fsp3) is 1.00. The second-order valence-corrected chi connectivity index (χ2v) is 12.9. The Morgan fingerprint density at radius 1 is 0.414 bits per heavy atom. The minimum atomic E-state index is 1.26. The van der Waals surface area contributed by atoms with Crippen molar-refractivity contribution in [1.82, 2.24) is 4.90 Å². The molecule has 1 nitrogen and oxygen atoms in total. The van der Waals surface area contributed by atoms with Gasteiger partial charge >= 0.3 is 0 Å². The van der Waals surface area contributed by atoms with Gasteiger partial charge in [0, 0.05) is 47.6 Å². The lowest BCUT2D eigenvalue weighted by molar-refractivity contribution is 0.300. The van der Waals surface area contributed by atoms with Gasteiger partial charge < -0.3 is 4.90 Å². The molecule has 0 rings (SSSR count). The van der Waals surface area contributed by atoms with Crippen LogP contribution in [0.4, 0.5) is 0 Å². The standard InChI is InChI=1S/C24H51NS4/c1-4-7-8-9-10-11-12-13-14-15-16-25(17-19-28-23-21-26-5-2)18-20-29-24-22-27-6-3/h4-24H2,1-3H3. The molecule has 0 heterocycles. The smallest absolute Gasteiger partial charge is 0.00727 e. The average Bonchev–Trinajstić information content (AvgIpc) is 2.73. The van der Waals surface area contributed by atoms with Crippen molar-refractivity contribution < 1.29 is 0 Å². The Balaban J connectivity index is 3.74. The SMILES string of the molecule is CCCCCCCCCCCCN(CCSCCSCC)CCSCCSCC. The van der Waals surface area contributed by atoms with Crippen molar-refractivity contribution in [3.05, 3.63) is 0 Å². The average molecular weight is 482 g/mol. The van der Waals surface area contributed by atoms with Crippen LogP contribution in [0.2, 0.25) is 0 Å². The third kappa shape index (κ3) is 25.5. The van der Waals surface area contributed by atoms with Crippen LogP contribution < -0.4 is 0 Å². The van der Waals surface area contributed by atoms with Crippen LogP contribution in [0.15, 0.2) is 0 Å². The maximum atomic E-state index is 2.75. The molecule has 0 saturated heterocycles. The van der Waals surface area contributed by atoms with Gasteiger partial charge in [0.25, 0.3) is 0 Å². The number of nitrogens with zero attached hydrogens (tertiary/aromatic N) is 1. The molecule has 0 aromatic rings. The summed E-state index contributed by atoms with van der Waals surface area (Å²) in [6, 6.07) is 0. The molecule has 29 heavy (non-hydrogen) atoms. The van der Waals surface area contributed by atoms with Crippen molar-refractivity contribution in [3.8, 4) is 0 Å². The van der Waals surface area contributed by atoms with Crippen molar-refractivity contribution >= 4 is 47.0 Å². The van der Waals surface area contributed by atoms with E-state index >= 15 is 0 Å². The predicted octanol–water partition coefficient (Wildman–Crippen LogP) is 8.18. The van der Waals surface area contributed by atoms with Crippen LogP contribution in [-0.2, 0) is 0 Å². The first-order chi connectivity index (χ1) is 14.3. The zero-order valence-electron chi connectivity index (χ0n) is 19.9. The van der Waals surface area contributed by atoms with E-state index in [4.69, 9.17) is 0 Å². The van der Waals surface area contributed by atoms with E-state index in [1.54, 1.807) is 0 Å². The zero-order valence-corrected chi connectivity index (χ0v) is 23.2. The van der Waals surface area contributed by atoms with Gasteiger partial charge in [-0.15, -0.1) is 0 Å². The molecule has 0 atom stereocenters. The van der Waals surface area contributed by atoms with E-state index in [1.807, 2.05) is 0 Å². The van der Waals surface area contributed by atoms with Crippen LogP contribution in [0.1, 0.15) is 85.0 Å². The lowest BCUT2D eigenvalue weighted by Gasteiger charge is -2.22. The lowest BCUT2D eigenvalue weighted by atomic mass is 10.1. The molecule has 0 bridgehead atoms. The van der Waals surface area contributed by atoms with Crippen LogP contribution in [-0.4, -0.2) is 70.6 Å². The highest BCUT2D eigenvalue weighted by Crippen LogP contribution is 2.13. The van der Waals surface area contributed by atoms with Crippen LogP contribution in [0.5, 0.6) is 0 Å². The summed E-state index contributed by atoms with van der Waals surface area (Å²) in [5.74, 6) is 10.5. The minimum Gasteiger partial charge on any atom is -0.302 e. The summed E-state index contributed by atoms with van der Waals surface area (Å²) >= 11 is 8.47. The maximum Gasteiger partial charge on any atom is 0.00727 e. The van der Waals surface area contributed by atoms with Crippen LogP contribution in [0.3, 0.4) is 0 Å². The molecule has 0 aromatic carbocycles. The number of hydrogen-bond acceptors (Lipinski definition) is 5. The van der Waals surface area contributed by atoms with E-state index in [9.17, 15) is 0 Å². The quantitative estimate of drug-likeness (QED) is 0.121. The maximum absolute atomic E-state index is 2.75. The number of thioether (sulfide) groups is 4. The van der Waals surface area contributed by atoms with Gasteiger partial charge in [-0.2, -0.15) is 47.0 Å². The predicted molar refractivity (Wildman–Crippen MR) is 149 cm³/mol. The van der Waals surface area contributed by atoms with Crippen molar-refractivity contribution in [2.45, 2.75) is 85.0 Å². The molecule has 0 aliphatic rings. The molecule has 5 heteroatoms. The number of rotatable bonds is 25. The first kappa shape index (κ1) is 30.4. The molecular formula is C24H51NS4. The van der Waals surface area contributed by atoms with Crippen molar-refractivity contribution in [1.29, 1.82) is 0 Å². The molecule has 0 aliphatic heterocycles. The van der Waals surface area contributed by atoms with E-state index in [-0.39, 0.29) is 0 Å². The topological polar surface area (TPSA) is 3.24 Å². The summed E-state index contributed by atoms with van der Waals surface area (Å²) in [5, 5.41) is 0. The summed E-state index contributed by atoms with van der Waals surface area (Å²) in [6.07, 6.45) is 14.4. The van der Waals surface area contributed by atoms with Gasteiger partial charge in [-0.05, 0) is 24.5 Å². The van der Waals surface area contributed by atoms with Gasteiger partial charge in [0.2, 0.25) is 0 Å². The van der Waals surface area contributed by atoms with E-state index < -0.39 is 0 Å². The van der Waals surface area contributed by atoms with Gasteiger partial charge in [-0.25, -0.2) is 0 Å². The number of hydrogen-bond donors (Lipinski definition) is 0. The Morgan fingerprint density at radius 3 is 1.28 bits per heavy atom. The highest BCUT2D eigenvalue weighted by Gasteiger charge is 2.05. The molecule has 0 saturated carbocycles. The third-order valence-corrected chi connectivity index (χ3v) is 9.33. The van der Waals surface area contributed by atoms with Crippen molar-refractivity contribution in [2.75, 3.05) is 65.7 Å². The molecule has 0 unspecified atom stereocenters. The van der Waals surface area contributed by atoms with Crippen LogP contribution in [0.25, 0.3) is 0 Å². The summed E-state index contributed by atoms with van der Waals surface area (Å²) in [6.45, 7) is 10.7. The minimum absolute atomic E-state index is 1.26. The molecule has 0 N–H and O–H groups in total. The van der Waals surface area contributed by atoms with Gasteiger partial charge in [0.15, 0.2) is 0 Å². The lowest BCUT2D eigenvalue weighted by Crippen LogP contribution is -2.30. The van der Waals surface area contributed by atoms with Gasteiger partial charge in [-0.3, -0.25) is 0 Å². The fourth-order valence-corrected chi connectivity index (χ4v) is 6.92. The first-order valence-corrected chi connectivity index (χ1v) is 17.0. The summed E-state index contributed by atoms with van der Waals surface area (Å²) in [5.41, 5.74) is 0. The second kappa shape index (κ2) is 27.4. The number of unbranched alkanes of at least 4 members (excludes halogenated alkanes) is 9. The molecular weight excluding hydrogens is 431 g/mol. The van der Waals surface area contributed by atoms with Crippen molar-refractivity contribution in [2.24, 2.45) is 0 Å². The highest BCUT2D eigenvalue weighted by molar-refractivity contribution is 8.03. The normalized spacial score (nSPS) is 11.6. The van der Waals surface area contributed by atoms with E-state index in [1.165, 1.54) is 130 Å². The molecule has 0 spiro atoms. The van der Waals surface area contributed by atoms with Gasteiger partial charge in [0.05, 0.1) is 0 Å². The molecule has 0 aromatic heterocycles. The Morgan fingerprint density at radius 2 is 0.828 bits per heavy atom. The Kier molecular flexibility index (Phi) is 28.7. The molecule has 0 fully saturated rings. The Bertz CT molecular complexity index is 276. The van der Waals surface area contributed by atoms with E-state index in [2.05, 4.69) is 72.7 Å². The Hall–Kier alpha value is 1.36. The summed E-state index contributed by atoms with van der Waals surface area (Å²) < 4.78 is 0. The van der Waals surface area contributed by atoms with E-state index in [0.717, 1.165) is 0 Å². The second-order valence-electron chi connectivity index (χ2n) is 7.64. The van der Waals surface area contributed by atoms with Crippen LogP contribution >= 0.6 is 47.0 Å². The van der Waals surface area contributed by atoms with Gasteiger partial charge in [0.1, 0.15) is 0 Å². The monoisotopic (exact) mass is 481 g/mol. The highest BCUT2D eigenvalue weighted by atomic mass is 32.2. The van der Waals surface area contributed by atoms with Crippen molar-refractivity contribution in [3.63, 3.8) is 0 Å². The van der Waals surface area contributed by atoms with Gasteiger partial charge in [-0.1, -0.05) is 78.6 Å². The van der Waals surface area contributed by atoms with E-state index in [0.29, 0.717) is 0 Å². The first-order valence-electron chi connectivity index (χ1n) is 12.4. The summed E-state index contributed by atoms with van der Waals surface area (Å²) in [7, 11) is 0. The largest absolute Gasteiger partial charge is 0.302 e. The fourth-order valence-electron chi connectivity index (χ4n) is 3.27. The molecule has 176 valence electrons. The molecule has 0 amide bonds. The zero-order chi connectivity index (χ0) is 21.3.